The molecule has 0 heterocycles. The minimum absolute atomic E-state index is 0.645. The third-order valence-corrected chi connectivity index (χ3v) is 4.70. The Bertz CT molecular complexity index is 584. The quantitative estimate of drug-likeness (QED) is 0.667. The lowest BCUT2D eigenvalue weighted by atomic mass is 9.82. The highest BCUT2D eigenvalue weighted by atomic mass is 14.3. The summed E-state index contributed by atoms with van der Waals surface area (Å²) in [6.07, 6.45) is 9.42. The van der Waals surface area contributed by atoms with E-state index in [0.29, 0.717) is 11.8 Å². The zero-order valence-corrected chi connectivity index (χ0v) is 12.1. The molecule has 0 heteroatoms. The van der Waals surface area contributed by atoms with Crippen LogP contribution in [0, 0.1) is 18.8 Å². The van der Waals surface area contributed by atoms with Crippen LogP contribution in [0.25, 0.3) is 5.57 Å². The first-order valence-corrected chi connectivity index (χ1v) is 7.30. The molecule has 0 aromatic heterocycles. The molecule has 1 aromatic rings. The first-order chi connectivity index (χ1) is 9.16. The standard InChI is InChI=1S/C19H22/c1-13-6-4-8-16(12-13)18-10-11-19(15(18)3)17-9-5-7-14(17)2/h4-8,10,12,15,19H,9,11H2,1-3H3. The molecule has 0 fully saturated rings. The maximum absolute atomic E-state index is 2.46. The van der Waals surface area contributed by atoms with Gasteiger partial charge in [0.1, 0.15) is 0 Å². The predicted octanol–water partition coefficient (Wildman–Crippen LogP) is 5.31. The van der Waals surface area contributed by atoms with Crippen LogP contribution in [0.1, 0.15) is 37.8 Å². The first kappa shape index (κ1) is 12.5. The van der Waals surface area contributed by atoms with Crippen molar-refractivity contribution in [3.63, 3.8) is 0 Å². The summed E-state index contributed by atoms with van der Waals surface area (Å²) in [5.74, 6) is 1.36. The highest BCUT2D eigenvalue weighted by Crippen LogP contribution is 2.44. The average Bonchev–Trinajstić information content (AvgIpc) is 2.95. The molecule has 0 spiro atoms. The summed E-state index contributed by atoms with van der Waals surface area (Å²) >= 11 is 0. The highest BCUT2D eigenvalue weighted by molar-refractivity contribution is 5.70. The molecule has 0 saturated carbocycles. The lowest BCUT2D eigenvalue weighted by molar-refractivity contribution is 0.524. The molecular weight excluding hydrogens is 228 g/mol. The molecule has 0 bridgehead atoms. The van der Waals surface area contributed by atoms with Crippen molar-refractivity contribution in [3.05, 3.63) is 64.8 Å². The zero-order valence-electron chi connectivity index (χ0n) is 12.1. The minimum Gasteiger partial charge on any atom is -0.0802 e. The molecule has 0 saturated heterocycles. The summed E-state index contributed by atoms with van der Waals surface area (Å²) in [4.78, 5) is 0. The zero-order chi connectivity index (χ0) is 13.4. The summed E-state index contributed by atoms with van der Waals surface area (Å²) in [7, 11) is 0. The summed E-state index contributed by atoms with van der Waals surface area (Å²) in [6, 6.07) is 8.92. The van der Waals surface area contributed by atoms with Gasteiger partial charge in [0.2, 0.25) is 0 Å². The van der Waals surface area contributed by atoms with Crippen molar-refractivity contribution >= 4 is 5.57 Å². The van der Waals surface area contributed by atoms with Gasteiger partial charge in [0.15, 0.2) is 0 Å². The van der Waals surface area contributed by atoms with Gasteiger partial charge in [-0.15, -0.1) is 0 Å². The summed E-state index contributed by atoms with van der Waals surface area (Å²) in [5, 5.41) is 0. The second-order valence-corrected chi connectivity index (χ2v) is 5.97. The average molecular weight is 250 g/mol. The number of allylic oxidation sites excluding steroid dienone is 6. The van der Waals surface area contributed by atoms with Crippen molar-refractivity contribution in [1.82, 2.24) is 0 Å². The third-order valence-electron chi connectivity index (χ3n) is 4.70. The van der Waals surface area contributed by atoms with Crippen molar-refractivity contribution in [2.75, 3.05) is 0 Å². The molecule has 1 aromatic carbocycles. The molecule has 2 unspecified atom stereocenters. The van der Waals surface area contributed by atoms with Crippen LogP contribution in [0.5, 0.6) is 0 Å². The molecule has 0 nitrogen and oxygen atoms in total. The number of hydrogen-bond acceptors (Lipinski definition) is 0. The molecule has 19 heavy (non-hydrogen) atoms. The maximum atomic E-state index is 2.46. The Labute approximate surface area is 116 Å². The predicted molar refractivity (Wildman–Crippen MR) is 82.9 cm³/mol. The van der Waals surface area contributed by atoms with Crippen molar-refractivity contribution in [2.45, 2.75) is 33.6 Å². The second-order valence-electron chi connectivity index (χ2n) is 5.97. The molecular formula is C19H22. The number of rotatable bonds is 2. The van der Waals surface area contributed by atoms with Gasteiger partial charge in [-0.05, 0) is 49.7 Å². The Morgan fingerprint density at radius 3 is 2.68 bits per heavy atom. The molecule has 2 atom stereocenters. The van der Waals surface area contributed by atoms with Gasteiger partial charge in [-0.2, -0.15) is 0 Å². The molecule has 0 amide bonds. The minimum atomic E-state index is 0.645. The van der Waals surface area contributed by atoms with E-state index in [9.17, 15) is 0 Å². The molecule has 0 aliphatic heterocycles. The fourth-order valence-corrected chi connectivity index (χ4v) is 3.58. The largest absolute Gasteiger partial charge is 0.0802 e. The van der Waals surface area contributed by atoms with E-state index < -0.39 is 0 Å². The van der Waals surface area contributed by atoms with Crippen LogP contribution < -0.4 is 0 Å². The number of aryl methyl sites for hydroxylation is 1. The lowest BCUT2D eigenvalue weighted by Crippen LogP contribution is -2.10. The van der Waals surface area contributed by atoms with Gasteiger partial charge in [0.25, 0.3) is 0 Å². The van der Waals surface area contributed by atoms with E-state index in [1.165, 1.54) is 23.1 Å². The number of hydrogen-bond donors (Lipinski definition) is 0. The normalized spacial score (nSPS) is 26.2. The summed E-state index contributed by atoms with van der Waals surface area (Å²) in [6.45, 7) is 6.83. The van der Waals surface area contributed by atoms with Gasteiger partial charge in [0.05, 0.1) is 0 Å². The Hall–Kier alpha value is -1.56. The highest BCUT2D eigenvalue weighted by Gasteiger charge is 2.30. The Morgan fingerprint density at radius 2 is 2.00 bits per heavy atom. The Morgan fingerprint density at radius 1 is 1.16 bits per heavy atom. The van der Waals surface area contributed by atoms with Gasteiger partial charge in [-0.25, -0.2) is 0 Å². The van der Waals surface area contributed by atoms with Gasteiger partial charge >= 0.3 is 0 Å². The second kappa shape index (κ2) is 4.85. The van der Waals surface area contributed by atoms with Crippen molar-refractivity contribution in [2.24, 2.45) is 11.8 Å². The van der Waals surface area contributed by atoms with Gasteiger partial charge in [-0.1, -0.05) is 66.1 Å². The molecule has 2 aliphatic rings. The van der Waals surface area contributed by atoms with Crippen molar-refractivity contribution in [1.29, 1.82) is 0 Å². The van der Waals surface area contributed by atoms with Gasteiger partial charge < -0.3 is 0 Å². The molecule has 98 valence electrons. The first-order valence-electron chi connectivity index (χ1n) is 7.30. The van der Waals surface area contributed by atoms with Crippen LogP contribution in [0.3, 0.4) is 0 Å². The van der Waals surface area contributed by atoms with Crippen LogP contribution >= 0.6 is 0 Å². The van der Waals surface area contributed by atoms with Crippen LogP contribution in [0.2, 0.25) is 0 Å². The Balaban J connectivity index is 1.86. The van der Waals surface area contributed by atoms with E-state index in [0.717, 1.165) is 6.42 Å². The fraction of sp³-hybridized carbons (Fsp3) is 0.368. The van der Waals surface area contributed by atoms with E-state index in [1.807, 2.05) is 0 Å². The lowest BCUT2D eigenvalue weighted by Gasteiger charge is -2.22. The molecule has 0 N–H and O–H groups in total. The van der Waals surface area contributed by atoms with E-state index >= 15 is 0 Å². The number of benzene rings is 1. The Kier molecular flexibility index (Phi) is 3.18. The third kappa shape index (κ3) is 2.20. The van der Waals surface area contributed by atoms with Crippen LogP contribution in [-0.4, -0.2) is 0 Å². The van der Waals surface area contributed by atoms with Crippen molar-refractivity contribution < 1.29 is 0 Å². The van der Waals surface area contributed by atoms with Gasteiger partial charge in [-0.3, -0.25) is 0 Å². The maximum Gasteiger partial charge on any atom is -0.00933 e. The monoisotopic (exact) mass is 250 g/mol. The molecule has 0 radical (unpaired) electrons. The van der Waals surface area contributed by atoms with Crippen molar-refractivity contribution in [3.8, 4) is 0 Å². The summed E-state index contributed by atoms with van der Waals surface area (Å²) < 4.78 is 0. The van der Waals surface area contributed by atoms with E-state index in [-0.39, 0.29) is 0 Å². The van der Waals surface area contributed by atoms with E-state index in [2.05, 4.69) is 63.3 Å². The van der Waals surface area contributed by atoms with E-state index in [4.69, 9.17) is 0 Å². The van der Waals surface area contributed by atoms with Crippen LogP contribution in [0.15, 0.2) is 53.6 Å². The van der Waals surface area contributed by atoms with Gasteiger partial charge in [0, 0.05) is 0 Å². The van der Waals surface area contributed by atoms with Crippen LogP contribution in [-0.2, 0) is 0 Å². The van der Waals surface area contributed by atoms with E-state index in [1.54, 1.807) is 11.1 Å². The smallest absolute Gasteiger partial charge is 0.00933 e. The van der Waals surface area contributed by atoms with Crippen LogP contribution in [0.4, 0.5) is 0 Å². The topological polar surface area (TPSA) is 0 Å². The molecule has 2 aliphatic carbocycles. The SMILES string of the molecule is CC1=C(C2CC=C(c3cccc(C)c3)C2C)CC=C1. The molecule has 3 rings (SSSR count). The summed E-state index contributed by atoms with van der Waals surface area (Å²) in [5.41, 5.74) is 7.47. The fourth-order valence-electron chi connectivity index (χ4n) is 3.58.